The van der Waals surface area contributed by atoms with Crippen LogP contribution in [0.25, 0.3) is 11.0 Å². The molecule has 470 valence electrons. The Morgan fingerprint density at radius 3 is 1.63 bits per heavy atom. The van der Waals surface area contributed by atoms with E-state index in [1.807, 2.05) is 90.1 Å². The molecule has 3 N–H and O–H groups in total. The van der Waals surface area contributed by atoms with Crippen LogP contribution in [-0.4, -0.2) is 52.4 Å². The highest BCUT2D eigenvalue weighted by molar-refractivity contribution is 9.42. The zero-order valence-corrected chi connectivity index (χ0v) is 78.3. The number of carbonyl (C=O) groups is 2. The van der Waals surface area contributed by atoms with E-state index >= 15 is 0 Å². The minimum atomic E-state index is -4.37. The third-order valence-corrected chi connectivity index (χ3v) is 189. The molecule has 0 radical (unpaired) electrons. The molecule has 0 spiro atoms. The lowest BCUT2D eigenvalue weighted by Gasteiger charge is -2.50. The molecule has 1 saturated heterocycles. The molecule has 1 fully saturated rings. The number of hydrogen-bond acceptors (Lipinski definition) is 9. The first-order chi connectivity index (χ1) is 38.8. The van der Waals surface area contributed by atoms with Crippen molar-refractivity contribution in [3.8, 4) is 0 Å². The van der Waals surface area contributed by atoms with Crippen LogP contribution in [0.4, 0.5) is 13.2 Å². The number of carboxylic acid groups (broad SMARTS) is 1. The number of rotatable bonds is 18. The Balaban J connectivity index is 0.000000377. The SMILES string of the molecule is COC(=O)C(C)(C)c1cccc(B2OC(C)(C)C(C)(C)O2)c1.Cc1nc2ncccc2c(C(=O)O)c1C.FC(F)(F)c1ccc(CBr)o1.NCc1ccc(Br)cc1.PPP(P)P(P(P(P)P)P(P)P)P(P(P(P)P)P(P)P)P(P(P)P)P(P)P. The zero-order chi connectivity index (χ0) is 64.6. The molecule has 43 heteroatoms. The first-order valence-electron chi connectivity index (χ1n) is 23.7. The number of aromatic nitrogens is 2. The lowest BCUT2D eigenvalue weighted by molar-refractivity contribution is -0.153. The predicted molar refractivity (Wildman–Crippen MR) is 449 cm³/mol. The van der Waals surface area contributed by atoms with Crippen LogP contribution in [0.1, 0.15) is 85.8 Å². The Labute approximate surface area is 560 Å². The van der Waals surface area contributed by atoms with Crippen LogP contribution in [0.5, 0.6) is 0 Å². The van der Waals surface area contributed by atoms with Gasteiger partial charge in [0, 0.05) is 28.3 Å². The van der Waals surface area contributed by atoms with Gasteiger partial charge in [0.05, 0.1) is 34.6 Å². The molecule has 5 aromatic rings. The van der Waals surface area contributed by atoms with Gasteiger partial charge in [0.1, 0.15) is 5.76 Å². The maximum absolute atomic E-state index is 12.0. The van der Waals surface area contributed by atoms with Crippen molar-refractivity contribution in [2.45, 2.75) is 90.1 Å². The number of alkyl halides is 4. The van der Waals surface area contributed by atoms with Crippen LogP contribution in [0, 0.1) is 13.8 Å². The molecule has 4 heterocycles. The zero-order valence-electron chi connectivity index (χ0n) is 47.2. The summed E-state index contributed by atoms with van der Waals surface area (Å²) in [4.78, 5) is 31.4. The summed E-state index contributed by atoms with van der Waals surface area (Å²) in [7, 11) is 47.6. The number of nitrogens with two attached hydrogens (primary N) is 1. The summed E-state index contributed by atoms with van der Waals surface area (Å²) < 4.78 is 58.0. The lowest BCUT2D eigenvalue weighted by Crippen LogP contribution is -2.41. The van der Waals surface area contributed by atoms with E-state index in [2.05, 4.69) is 171 Å². The first-order valence-corrected chi connectivity index (χ1v) is 74.2. The van der Waals surface area contributed by atoms with E-state index in [-0.39, 0.29) is 107 Å². The van der Waals surface area contributed by atoms with Crippen LogP contribution < -0.4 is 11.2 Å². The molecule has 17 unspecified atom stereocenters. The predicted octanol–water partition coefficient (Wildman–Crippen LogP) is 25.0. The number of ether oxygens (including phenoxy) is 1. The van der Waals surface area contributed by atoms with Crippen molar-refractivity contribution in [3.63, 3.8) is 0 Å². The normalized spacial score (nSPS) is 15.0. The topological polar surface area (TPSA) is 147 Å². The van der Waals surface area contributed by atoms with Crippen LogP contribution in [0.15, 0.2) is 87.9 Å². The molecule has 2 aromatic carbocycles. The monoisotopic (exact) mass is 1780 g/mol. The number of pyridine rings is 2. The quantitative estimate of drug-likeness (QED) is 0.0376. The summed E-state index contributed by atoms with van der Waals surface area (Å²) in [6, 6.07) is 21.4. The second kappa shape index (κ2) is 41.9. The van der Waals surface area contributed by atoms with Crippen molar-refractivity contribution in [2.24, 2.45) is 5.73 Å². The number of halogens is 5. The van der Waals surface area contributed by atoms with Crippen LogP contribution in [-0.2, 0) is 42.3 Å². The van der Waals surface area contributed by atoms with E-state index in [9.17, 15) is 22.8 Å². The third-order valence-electron chi connectivity index (χ3n) is 11.7. The van der Waals surface area contributed by atoms with Gasteiger partial charge in [0.25, 0.3) is 0 Å². The Kier molecular flexibility index (Phi) is 43.7. The summed E-state index contributed by atoms with van der Waals surface area (Å²) in [5, 5.41) is 10.0. The Bertz CT molecular complexity index is 2800. The molecule has 0 bridgehead atoms. The number of carboxylic acids is 1. The molecule has 0 amide bonds. The number of aryl methyl sites for hydroxylation is 1. The number of aromatic carboxylic acids is 1. The summed E-state index contributed by atoms with van der Waals surface area (Å²) in [6.07, 6.45) is -2.77. The summed E-state index contributed by atoms with van der Waals surface area (Å²) in [6.45, 7) is 16.3. The Hall–Kier alpha value is 7.52. The standard InChI is InChI=1S/C17H25BO4.C11H10N2O2.C7H8BrN.C6H4BrF3O.H29P27/c1-15(2,14(19)20-7)12-9-8-10-13(11-12)18-21-16(3,4)17(5,6)22-18;1-6-7(2)13-10-8(4-3-5-12-10)9(6)11(14)15;8-7-3-1-6(5-9)2-4-7;7-3-4-1-2-5(11-4)6(8,9)10;1-15-22(14)26(23(16(2)3)17(4)5)27(24(18(6)7)19(8)9)25(20(10)11)21(12)13/h8-11H,1-7H3;3-5H,1-2H3,(H,14,15);1-4H,5,9H2;1-2H,3H2;15H,1-14H2. The molecular formula is C41H76BBr2F3N3O7P27. The largest absolute Gasteiger partial charge is 0.494 e. The van der Waals surface area contributed by atoms with Gasteiger partial charge in [-0.2, -0.15) is 13.2 Å². The third kappa shape index (κ3) is 27.2. The fourth-order valence-electron chi connectivity index (χ4n) is 6.65. The molecule has 0 saturated carbocycles. The highest BCUT2D eigenvalue weighted by atomic mass is 79.9. The van der Waals surface area contributed by atoms with Gasteiger partial charge in [-0.15, -0.1) is 125 Å². The van der Waals surface area contributed by atoms with Gasteiger partial charge in [0.15, 0.2) is 5.65 Å². The van der Waals surface area contributed by atoms with Gasteiger partial charge in [-0.25, -0.2) is 14.8 Å². The van der Waals surface area contributed by atoms with Crippen molar-refractivity contribution in [3.05, 3.63) is 123 Å². The molecule has 3 aromatic heterocycles. The van der Waals surface area contributed by atoms with E-state index in [1.54, 1.807) is 32.2 Å². The van der Waals surface area contributed by atoms with Crippen LogP contribution >= 0.6 is 249 Å². The summed E-state index contributed by atoms with van der Waals surface area (Å²) in [5.41, 5.74) is 9.05. The smallest absolute Gasteiger partial charge is 0.478 e. The number of hydrogen-bond donors (Lipinski definition) is 2. The van der Waals surface area contributed by atoms with Gasteiger partial charge < -0.3 is 29.3 Å². The number of furan rings is 1. The molecule has 6 rings (SSSR count). The number of benzene rings is 2. The van der Waals surface area contributed by atoms with E-state index in [0.29, 0.717) is 39.7 Å². The van der Waals surface area contributed by atoms with Crippen molar-refractivity contribution >= 4 is 284 Å². The van der Waals surface area contributed by atoms with Crippen molar-refractivity contribution < 1.29 is 46.3 Å². The molecule has 1 aliphatic rings. The van der Waals surface area contributed by atoms with Crippen molar-refractivity contribution in [1.82, 2.24) is 9.97 Å². The minimum Gasteiger partial charge on any atom is -0.478 e. The summed E-state index contributed by atoms with van der Waals surface area (Å²) in [5.74, 6) is -1.88. The van der Waals surface area contributed by atoms with Crippen molar-refractivity contribution in [1.29, 1.82) is 0 Å². The maximum atomic E-state index is 12.0. The van der Waals surface area contributed by atoms with Crippen molar-refractivity contribution in [2.75, 3.05) is 7.11 Å². The maximum Gasteiger partial charge on any atom is 0.494 e. The van der Waals surface area contributed by atoms with E-state index < -0.39 is 30.4 Å². The second-order valence-corrected chi connectivity index (χ2v) is 126. The molecule has 10 nitrogen and oxygen atoms in total. The molecular weight excluding hydrogens is 1710 g/mol. The Morgan fingerprint density at radius 1 is 0.750 bits per heavy atom. The molecule has 17 atom stereocenters. The highest BCUT2D eigenvalue weighted by Crippen LogP contribution is 3.36. The fourth-order valence-corrected chi connectivity index (χ4v) is 351. The van der Waals surface area contributed by atoms with E-state index in [0.717, 1.165) is 29.5 Å². The van der Waals surface area contributed by atoms with Crippen LogP contribution in [0.2, 0.25) is 0 Å². The summed E-state index contributed by atoms with van der Waals surface area (Å²) >= 11 is 6.31. The number of nitrogens with zero attached hydrogens (tertiary/aromatic N) is 2. The van der Waals surface area contributed by atoms with Gasteiger partial charge in [0.2, 0.25) is 5.76 Å². The average molecular weight is 1790 g/mol. The minimum absolute atomic E-state index is 0.0165. The number of methoxy groups -OCH3 is 1. The number of esters is 1. The highest BCUT2D eigenvalue weighted by Gasteiger charge is 2.52. The van der Waals surface area contributed by atoms with Gasteiger partial charge in [-0.05, 0) is 198 Å². The number of fused-ring (bicyclic) bond motifs is 1. The fraction of sp³-hybridized carbons (Fsp3) is 0.366. The molecule has 1 aliphatic heterocycles. The molecule has 0 aliphatic carbocycles. The van der Waals surface area contributed by atoms with Gasteiger partial charge in [-0.1, -0.05) is 76.2 Å². The first kappa shape index (κ1) is 87.6. The average Bonchev–Trinajstić information content (AvgIpc) is 4.06. The van der Waals surface area contributed by atoms with E-state index in [4.69, 9.17) is 24.9 Å². The van der Waals surface area contributed by atoms with E-state index in [1.165, 1.54) is 18.7 Å². The second-order valence-electron chi connectivity index (χ2n) is 18.5. The number of carbonyl (C=O) groups excluding carboxylic acids is 1. The lowest BCUT2D eigenvalue weighted by atomic mass is 9.75. The van der Waals surface area contributed by atoms with Gasteiger partial charge in [-0.3, -0.25) is 4.79 Å². The van der Waals surface area contributed by atoms with Gasteiger partial charge >= 0.3 is 25.2 Å². The van der Waals surface area contributed by atoms with Crippen LogP contribution in [0.3, 0.4) is 0 Å². The molecule has 84 heavy (non-hydrogen) atoms. The Morgan fingerprint density at radius 2 is 1.24 bits per heavy atom.